The molecule has 0 spiro atoms. The Hall–Kier alpha value is -1.36. The van der Waals surface area contributed by atoms with Crippen LogP contribution in [0.5, 0.6) is 5.75 Å². The standard InChI is InChI=1S/C21H30O4/c1-14(2)18-9-10-19(21(18)22)20-11-8-17(13-25-20)24-12-15-4-6-16(23-3)7-5-15/h4-7,17-22H,1,8-13H2,2-3H3/t17-,18-,19+,20+,21+/m0/s1. The zero-order valence-corrected chi connectivity index (χ0v) is 15.3. The predicted molar refractivity (Wildman–Crippen MR) is 97.6 cm³/mol. The number of rotatable bonds is 6. The normalized spacial score (nSPS) is 32.5. The van der Waals surface area contributed by atoms with E-state index in [1.165, 1.54) is 0 Å². The van der Waals surface area contributed by atoms with Gasteiger partial charge in [0.2, 0.25) is 0 Å². The molecular formula is C21H30O4. The van der Waals surface area contributed by atoms with E-state index in [9.17, 15) is 5.11 Å². The Morgan fingerprint density at radius 3 is 2.52 bits per heavy atom. The third-order valence-corrected chi connectivity index (χ3v) is 5.69. The van der Waals surface area contributed by atoms with E-state index in [1.54, 1.807) is 7.11 Å². The van der Waals surface area contributed by atoms with Crippen LogP contribution in [-0.2, 0) is 16.1 Å². The van der Waals surface area contributed by atoms with Gasteiger partial charge in [-0.15, -0.1) is 0 Å². The molecule has 1 aromatic carbocycles. The average molecular weight is 346 g/mol. The van der Waals surface area contributed by atoms with Crippen molar-refractivity contribution in [2.75, 3.05) is 13.7 Å². The van der Waals surface area contributed by atoms with Crippen LogP contribution in [0.1, 0.15) is 38.2 Å². The van der Waals surface area contributed by atoms with Crippen molar-refractivity contribution in [1.29, 1.82) is 0 Å². The van der Waals surface area contributed by atoms with Crippen molar-refractivity contribution in [3.63, 3.8) is 0 Å². The first-order valence-corrected chi connectivity index (χ1v) is 9.28. The van der Waals surface area contributed by atoms with Gasteiger partial charge in [-0.25, -0.2) is 0 Å². The summed E-state index contributed by atoms with van der Waals surface area (Å²) >= 11 is 0. The van der Waals surface area contributed by atoms with Gasteiger partial charge in [0, 0.05) is 11.8 Å². The van der Waals surface area contributed by atoms with Crippen LogP contribution in [-0.4, -0.2) is 37.1 Å². The number of benzene rings is 1. The zero-order valence-electron chi connectivity index (χ0n) is 15.3. The molecule has 0 unspecified atom stereocenters. The summed E-state index contributed by atoms with van der Waals surface area (Å²) in [6, 6.07) is 7.95. The van der Waals surface area contributed by atoms with Gasteiger partial charge in [-0.2, -0.15) is 0 Å². The fourth-order valence-electron chi connectivity index (χ4n) is 4.11. The molecule has 1 aliphatic heterocycles. The summed E-state index contributed by atoms with van der Waals surface area (Å²) in [5.74, 6) is 1.33. The molecular weight excluding hydrogens is 316 g/mol. The first-order chi connectivity index (χ1) is 12.1. The lowest BCUT2D eigenvalue weighted by atomic mass is 9.89. The third kappa shape index (κ3) is 4.43. The number of hydrogen-bond acceptors (Lipinski definition) is 4. The van der Waals surface area contributed by atoms with Gasteiger partial charge in [0.25, 0.3) is 0 Å². The molecule has 4 nitrogen and oxygen atoms in total. The molecule has 0 bridgehead atoms. The van der Waals surface area contributed by atoms with Crippen LogP contribution in [0.25, 0.3) is 0 Å². The van der Waals surface area contributed by atoms with Crippen molar-refractivity contribution in [1.82, 2.24) is 0 Å². The van der Waals surface area contributed by atoms with E-state index in [0.717, 1.165) is 42.6 Å². The van der Waals surface area contributed by atoms with Gasteiger partial charge in [0.1, 0.15) is 5.75 Å². The highest BCUT2D eigenvalue weighted by Crippen LogP contribution is 2.40. The van der Waals surface area contributed by atoms with Gasteiger partial charge in [0.15, 0.2) is 0 Å². The number of methoxy groups -OCH3 is 1. The van der Waals surface area contributed by atoms with E-state index < -0.39 is 0 Å². The Morgan fingerprint density at radius 2 is 1.96 bits per heavy atom. The van der Waals surface area contributed by atoms with Gasteiger partial charge in [0.05, 0.1) is 38.6 Å². The Kier molecular flexibility index (Phi) is 6.15. The largest absolute Gasteiger partial charge is 0.497 e. The molecule has 4 heteroatoms. The van der Waals surface area contributed by atoms with E-state index in [-0.39, 0.29) is 30.1 Å². The van der Waals surface area contributed by atoms with Crippen molar-refractivity contribution in [2.24, 2.45) is 11.8 Å². The molecule has 1 saturated heterocycles. The molecule has 3 rings (SSSR count). The van der Waals surface area contributed by atoms with E-state index >= 15 is 0 Å². The second-order valence-electron chi connectivity index (χ2n) is 7.41. The Morgan fingerprint density at radius 1 is 1.20 bits per heavy atom. The fourth-order valence-corrected chi connectivity index (χ4v) is 4.11. The zero-order chi connectivity index (χ0) is 17.8. The molecule has 1 N–H and O–H groups in total. The van der Waals surface area contributed by atoms with E-state index in [0.29, 0.717) is 13.2 Å². The summed E-state index contributed by atoms with van der Waals surface area (Å²) in [6.07, 6.45) is 3.98. The molecule has 1 heterocycles. The van der Waals surface area contributed by atoms with Crippen LogP contribution in [0.2, 0.25) is 0 Å². The van der Waals surface area contributed by atoms with Gasteiger partial charge in [-0.1, -0.05) is 24.3 Å². The van der Waals surface area contributed by atoms with Crippen LogP contribution in [0.4, 0.5) is 0 Å². The number of hydrogen-bond donors (Lipinski definition) is 1. The van der Waals surface area contributed by atoms with Gasteiger partial charge in [-0.05, 0) is 50.3 Å². The van der Waals surface area contributed by atoms with Crippen molar-refractivity contribution in [3.8, 4) is 5.75 Å². The SMILES string of the molecule is C=C(C)[C@@H]1CC[C@H]([C@H]2CC[C@H](OCc3ccc(OC)cc3)CO2)[C@@H]1O. The molecule has 0 amide bonds. The van der Waals surface area contributed by atoms with E-state index in [4.69, 9.17) is 14.2 Å². The Bertz CT molecular complexity index is 560. The lowest BCUT2D eigenvalue weighted by molar-refractivity contribution is -0.119. The molecule has 0 aromatic heterocycles. The van der Waals surface area contributed by atoms with Crippen molar-refractivity contribution < 1.29 is 19.3 Å². The summed E-state index contributed by atoms with van der Waals surface area (Å²) in [6.45, 7) is 7.23. The summed E-state index contributed by atoms with van der Waals surface area (Å²) in [5.41, 5.74) is 2.23. The third-order valence-electron chi connectivity index (χ3n) is 5.69. The number of aliphatic hydroxyl groups is 1. The maximum atomic E-state index is 10.5. The average Bonchev–Trinajstić information content (AvgIpc) is 3.02. The lowest BCUT2D eigenvalue weighted by Crippen LogP contribution is -2.39. The number of aliphatic hydroxyl groups excluding tert-OH is 1. The first-order valence-electron chi connectivity index (χ1n) is 9.28. The second kappa shape index (κ2) is 8.35. The summed E-state index contributed by atoms with van der Waals surface area (Å²) in [5, 5.41) is 10.5. The van der Waals surface area contributed by atoms with Crippen LogP contribution in [0.3, 0.4) is 0 Å². The summed E-state index contributed by atoms with van der Waals surface area (Å²) in [7, 11) is 1.67. The topological polar surface area (TPSA) is 47.9 Å². The number of ether oxygens (including phenoxy) is 3. The predicted octanol–water partition coefficient (Wildman–Crippen LogP) is 3.72. The Labute approximate surface area is 150 Å². The smallest absolute Gasteiger partial charge is 0.118 e. The molecule has 25 heavy (non-hydrogen) atoms. The molecule has 1 saturated carbocycles. The quantitative estimate of drug-likeness (QED) is 0.798. The molecule has 1 aromatic rings. The monoisotopic (exact) mass is 346 g/mol. The highest BCUT2D eigenvalue weighted by atomic mass is 16.5. The molecule has 2 fully saturated rings. The van der Waals surface area contributed by atoms with Gasteiger partial charge in [-0.3, -0.25) is 0 Å². The van der Waals surface area contributed by atoms with Crippen LogP contribution < -0.4 is 4.74 Å². The molecule has 5 atom stereocenters. The first kappa shape index (κ1) is 18.4. The van der Waals surface area contributed by atoms with Crippen molar-refractivity contribution in [3.05, 3.63) is 42.0 Å². The Balaban J connectivity index is 1.43. The van der Waals surface area contributed by atoms with E-state index in [1.807, 2.05) is 31.2 Å². The molecule has 1 aliphatic carbocycles. The van der Waals surface area contributed by atoms with Crippen LogP contribution >= 0.6 is 0 Å². The minimum absolute atomic E-state index is 0.133. The lowest BCUT2D eigenvalue weighted by Gasteiger charge is -2.34. The van der Waals surface area contributed by atoms with Crippen molar-refractivity contribution >= 4 is 0 Å². The fraction of sp³-hybridized carbons (Fsp3) is 0.619. The molecule has 2 aliphatic rings. The maximum Gasteiger partial charge on any atom is 0.118 e. The molecule has 138 valence electrons. The minimum Gasteiger partial charge on any atom is -0.497 e. The van der Waals surface area contributed by atoms with Crippen LogP contribution in [0, 0.1) is 11.8 Å². The molecule has 0 radical (unpaired) electrons. The maximum absolute atomic E-state index is 10.5. The van der Waals surface area contributed by atoms with Crippen LogP contribution in [0.15, 0.2) is 36.4 Å². The van der Waals surface area contributed by atoms with Crippen molar-refractivity contribution in [2.45, 2.75) is 57.5 Å². The van der Waals surface area contributed by atoms with Gasteiger partial charge >= 0.3 is 0 Å². The highest BCUT2D eigenvalue weighted by Gasteiger charge is 2.41. The highest BCUT2D eigenvalue weighted by molar-refractivity contribution is 5.26. The summed E-state index contributed by atoms with van der Waals surface area (Å²) in [4.78, 5) is 0. The summed E-state index contributed by atoms with van der Waals surface area (Å²) < 4.78 is 17.2. The minimum atomic E-state index is -0.306. The van der Waals surface area contributed by atoms with E-state index in [2.05, 4.69) is 6.58 Å². The van der Waals surface area contributed by atoms with Gasteiger partial charge < -0.3 is 19.3 Å². The second-order valence-corrected chi connectivity index (χ2v) is 7.41.